The third-order valence-corrected chi connectivity index (χ3v) is 4.03. The maximum absolute atomic E-state index is 11.9. The fourth-order valence-electron chi connectivity index (χ4n) is 1.37. The van der Waals surface area contributed by atoms with Crippen LogP contribution < -0.4 is 5.32 Å². The van der Waals surface area contributed by atoms with Crippen molar-refractivity contribution in [3.05, 3.63) is 29.8 Å². The molecule has 18 heavy (non-hydrogen) atoms. The molecule has 0 atom stereocenters. The lowest BCUT2D eigenvalue weighted by molar-refractivity contribution is 0.591. The number of hydrogen-bond donors (Lipinski definition) is 1. The van der Waals surface area contributed by atoms with E-state index in [4.69, 9.17) is 11.7 Å². The van der Waals surface area contributed by atoms with Crippen LogP contribution in [0.15, 0.2) is 29.2 Å². The second-order valence-electron chi connectivity index (χ2n) is 3.66. The summed E-state index contributed by atoms with van der Waals surface area (Å²) >= 11 is 0. The SMILES string of the molecule is C#CCCNCCS(=O)(=O)c1cccc(C#N)c1. The van der Waals surface area contributed by atoms with Crippen LogP contribution in [0.25, 0.3) is 0 Å². The Morgan fingerprint density at radius 3 is 2.78 bits per heavy atom. The van der Waals surface area contributed by atoms with E-state index in [0.717, 1.165) is 0 Å². The van der Waals surface area contributed by atoms with E-state index < -0.39 is 9.84 Å². The van der Waals surface area contributed by atoms with E-state index in [0.29, 0.717) is 25.1 Å². The fourth-order valence-corrected chi connectivity index (χ4v) is 2.61. The Morgan fingerprint density at radius 2 is 2.11 bits per heavy atom. The number of rotatable bonds is 6. The van der Waals surface area contributed by atoms with Gasteiger partial charge in [0.25, 0.3) is 0 Å². The minimum absolute atomic E-state index is 0.00749. The first kappa shape index (κ1) is 14.2. The highest BCUT2D eigenvalue weighted by atomic mass is 32.2. The van der Waals surface area contributed by atoms with Crippen molar-refractivity contribution in [1.29, 1.82) is 5.26 Å². The zero-order chi connectivity index (χ0) is 13.4. The van der Waals surface area contributed by atoms with Gasteiger partial charge in [-0.1, -0.05) is 6.07 Å². The molecule has 0 aliphatic heterocycles. The summed E-state index contributed by atoms with van der Waals surface area (Å²) in [6, 6.07) is 7.94. The van der Waals surface area contributed by atoms with Gasteiger partial charge in [-0.05, 0) is 18.2 Å². The number of hydrogen-bond acceptors (Lipinski definition) is 4. The summed E-state index contributed by atoms with van der Waals surface area (Å²) in [5, 5.41) is 11.7. The highest BCUT2D eigenvalue weighted by molar-refractivity contribution is 7.91. The number of nitrogens with zero attached hydrogens (tertiary/aromatic N) is 1. The van der Waals surface area contributed by atoms with Crippen LogP contribution in [0, 0.1) is 23.7 Å². The molecule has 0 bridgehead atoms. The molecule has 0 heterocycles. The van der Waals surface area contributed by atoms with Crippen molar-refractivity contribution in [2.24, 2.45) is 0 Å². The zero-order valence-corrected chi connectivity index (χ0v) is 10.7. The average molecular weight is 262 g/mol. The topological polar surface area (TPSA) is 70.0 Å². The quantitative estimate of drug-likeness (QED) is 0.612. The summed E-state index contributed by atoms with van der Waals surface area (Å²) in [7, 11) is -3.35. The van der Waals surface area contributed by atoms with Gasteiger partial charge in [0.05, 0.1) is 22.3 Å². The molecule has 0 aromatic heterocycles. The standard InChI is InChI=1S/C13H14N2O2S/c1-2-3-7-15-8-9-18(16,17)13-6-4-5-12(10-13)11-14/h1,4-6,10,15H,3,7-9H2. The van der Waals surface area contributed by atoms with Crippen LogP contribution in [0.3, 0.4) is 0 Å². The van der Waals surface area contributed by atoms with Crippen molar-refractivity contribution in [1.82, 2.24) is 5.32 Å². The minimum atomic E-state index is -3.35. The molecular weight excluding hydrogens is 248 g/mol. The molecule has 0 unspecified atom stereocenters. The van der Waals surface area contributed by atoms with Crippen LogP contribution in [-0.2, 0) is 9.84 Å². The van der Waals surface area contributed by atoms with Gasteiger partial charge in [-0.25, -0.2) is 8.42 Å². The number of nitriles is 1. The fraction of sp³-hybridized carbons (Fsp3) is 0.308. The number of benzene rings is 1. The molecule has 0 saturated carbocycles. The van der Waals surface area contributed by atoms with E-state index in [1.54, 1.807) is 12.1 Å². The summed E-state index contributed by atoms with van der Waals surface area (Å²) < 4.78 is 23.9. The van der Waals surface area contributed by atoms with Crippen LogP contribution in [-0.4, -0.2) is 27.3 Å². The Bertz CT molecular complexity index is 580. The van der Waals surface area contributed by atoms with E-state index in [1.807, 2.05) is 6.07 Å². The van der Waals surface area contributed by atoms with Crippen molar-refractivity contribution >= 4 is 9.84 Å². The van der Waals surface area contributed by atoms with Crippen molar-refractivity contribution in [3.63, 3.8) is 0 Å². The molecule has 1 aromatic rings. The van der Waals surface area contributed by atoms with Gasteiger partial charge in [0.2, 0.25) is 0 Å². The zero-order valence-electron chi connectivity index (χ0n) is 9.89. The molecule has 94 valence electrons. The highest BCUT2D eigenvalue weighted by Gasteiger charge is 2.14. The smallest absolute Gasteiger partial charge is 0.179 e. The Kier molecular flexibility index (Phi) is 5.38. The molecule has 0 aliphatic rings. The summed E-state index contributed by atoms with van der Waals surface area (Å²) in [6.45, 7) is 0.949. The Morgan fingerprint density at radius 1 is 1.33 bits per heavy atom. The Labute approximate surface area is 108 Å². The van der Waals surface area contributed by atoms with Crippen molar-refractivity contribution in [3.8, 4) is 18.4 Å². The van der Waals surface area contributed by atoms with Gasteiger partial charge in [0.1, 0.15) is 0 Å². The van der Waals surface area contributed by atoms with E-state index in [1.165, 1.54) is 12.1 Å². The molecule has 0 saturated heterocycles. The molecule has 0 aliphatic carbocycles. The molecule has 0 amide bonds. The van der Waals surface area contributed by atoms with Gasteiger partial charge in [-0.3, -0.25) is 0 Å². The minimum Gasteiger partial charge on any atom is -0.315 e. The van der Waals surface area contributed by atoms with Gasteiger partial charge in [-0.15, -0.1) is 12.3 Å². The number of sulfone groups is 1. The lowest BCUT2D eigenvalue weighted by atomic mass is 10.2. The molecule has 1 rings (SSSR count). The molecule has 4 nitrogen and oxygen atoms in total. The maximum atomic E-state index is 11.9. The van der Waals surface area contributed by atoms with Gasteiger partial charge in [0, 0.05) is 19.5 Å². The second kappa shape index (κ2) is 6.80. The van der Waals surface area contributed by atoms with Gasteiger partial charge >= 0.3 is 0 Å². The molecule has 0 radical (unpaired) electrons. The number of nitrogens with one attached hydrogen (secondary N) is 1. The monoisotopic (exact) mass is 262 g/mol. The Hall–Kier alpha value is -1.82. The summed E-state index contributed by atoms with van der Waals surface area (Å²) in [4.78, 5) is 0.181. The largest absolute Gasteiger partial charge is 0.315 e. The van der Waals surface area contributed by atoms with E-state index in [9.17, 15) is 8.42 Å². The summed E-state index contributed by atoms with van der Waals surface area (Å²) in [5.41, 5.74) is 0.344. The van der Waals surface area contributed by atoms with E-state index in [-0.39, 0.29) is 10.6 Å². The first-order chi connectivity index (χ1) is 8.60. The highest BCUT2D eigenvalue weighted by Crippen LogP contribution is 2.12. The molecule has 1 aromatic carbocycles. The third-order valence-electron chi connectivity index (χ3n) is 2.32. The molecule has 0 spiro atoms. The first-order valence-corrected chi connectivity index (χ1v) is 7.12. The first-order valence-electron chi connectivity index (χ1n) is 5.47. The van der Waals surface area contributed by atoms with Gasteiger partial charge in [-0.2, -0.15) is 5.26 Å². The molecule has 1 N–H and O–H groups in total. The lowest BCUT2D eigenvalue weighted by Gasteiger charge is -2.05. The van der Waals surface area contributed by atoms with Crippen molar-refractivity contribution in [2.45, 2.75) is 11.3 Å². The average Bonchev–Trinajstić information content (AvgIpc) is 2.38. The summed E-state index contributed by atoms with van der Waals surface area (Å²) in [6.07, 6.45) is 5.65. The van der Waals surface area contributed by atoms with Gasteiger partial charge < -0.3 is 5.32 Å². The lowest BCUT2D eigenvalue weighted by Crippen LogP contribution is -2.23. The summed E-state index contributed by atoms with van der Waals surface area (Å²) in [5.74, 6) is 2.46. The van der Waals surface area contributed by atoms with Gasteiger partial charge in [0.15, 0.2) is 9.84 Å². The van der Waals surface area contributed by atoms with Crippen LogP contribution in [0.2, 0.25) is 0 Å². The normalized spacial score (nSPS) is 10.6. The van der Waals surface area contributed by atoms with Crippen LogP contribution in [0.4, 0.5) is 0 Å². The molecule has 5 heteroatoms. The second-order valence-corrected chi connectivity index (χ2v) is 5.77. The number of terminal acetylenes is 1. The van der Waals surface area contributed by atoms with Crippen LogP contribution in [0.1, 0.15) is 12.0 Å². The van der Waals surface area contributed by atoms with E-state index >= 15 is 0 Å². The predicted octanol–water partition coefficient (Wildman–Crippen LogP) is 0.945. The molecule has 0 fully saturated rings. The van der Waals surface area contributed by atoms with Crippen molar-refractivity contribution < 1.29 is 8.42 Å². The Balaban J connectivity index is 2.64. The van der Waals surface area contributed by atoms with Crippen LogP contribution >= 0.6 is 0 Å². The van der Waals surface area contributed by atoms with Crippen LogP contribution in [0.5, 0.6) is 0 Å². The van der Waals surface area contributed by atoms with Crippen molar-refractivity contribution in [2.75, 3.05) is 18.8 Å². The van der Waals surface area contributed by atoms with E-state index in [2.05, 4.69) is 11.2 Å². The molecular formula is C13H14N2O2S. The maximum Gasteiger partial charge on any atom is 0.179 e. The predicted molar refractivity (Wildman–Crippen MR) is 69.5 cm³/mol. The third kappa shape index (κ3) is 4.21.